The van der Waals surface area contributed by atoms with Crippen LogP contribution in [0.2, 0.25) is 0 Å². The van der Waals surface area contributed by atoms with Gasteiger partial charge in [0, 0.05) is 12.3 Å². The summed E-state index contributed by atoms with van der Waals surface area (Å²) >= 11 is 0. The lowest BCUT2D eigenvalue weighted by atomic mass is 10.4. The van der Waals surface area contributed by atoms with Crippen LogP contribution in [0.5, 0.6) is 0 Å². The molecule has 0 fully saturated rings. The fraction of sp³-hybridized carbons (Fsp3) is 0. The maximum Gasteiger partial charge on any atom is 0.196 e. The zero-order valence-corrected chi connectivity index (χ0v) is 6.64. The molecule has 0 amide bonds. The van der Waals surface area contributed by atoms with Gasteiger partial charge >= 0.3 is 0 Å². The van der Waals surface area contributed by atoms with Crippen LogP contribution < -0.4 is 5.73 Å². The number of hydrogen-bond acceptors (Lipinski definition) is 4. The first-order valence-electron chi connectivity index (χ1n) is 3.58. The van der Waals surface area contributed by atoms with Crippen LogP contribution in [0.25, 0.3) is 5.82 Å². The van der Waals surface area contributed by atoms with Crippen LogP contribution in [-0.4, -0.2) is 20.8 Å². The first kappa shape index (κ1) is 7.53. The van der Waals surface area contributed by atoms with E-state index in [0.717, 1.165) is 0 Å². The third kappa shape index (κ3) is 1.28. The van der Waals surface area contributed by atoms with Gasteiger partial charge in [-0.15, -0.1) is 0 Å². The zero-order valence-electron chi connectivity index (χ0n) is 6.64. The van der Waals surface area contributed by atoms with Crippen molar-refractivity contribution in [3.8, 4) is 5.82 Å². The second kappa shape index (κ2) is 2.74. The molecular weight excluding hydrogens is 170 g/mol. The molecule has 0 saturated carbocycles. The summed E-state index contributed by atoms with van der Waals surface area (Å²) in [5, 5.41) is 14.8. The minimum Gasteiger partial charge on any atom is -0.382 e. The maximum absolute atomic E-state index is 7.13. The van der Waals surface area contributed by atoms with Crippen molar-refractivity contribution in [3.05, 3.63) is 30.3 Å². The summed E-state index contributed by atoms with van der Waals surface area (Å²) in [6.07, 6.45) is 3.11. The molecule has 0 bridgehead atoms. The predicted octanol–water partition coefficient (Wildman–Crippen LogP) is 0.144. The number of nitrogens with one attached hydrogen (secondary N) is 1. The van der Waals surface area contributed by atoms with E-state index in [2.05, 4.69) is 14.8 Å². The van der Waals surface area contributed by atoms with E-state index in [-0.39, 0.29) is 5.84 Å². The van der Waals surface area contributed by atoms with E-state index in [1.165, 1.54) is 10.9 Å². The van der Waals surface area contributed by atoms with Gasteiger partial charge in [-0.05, 0) is 6.07 Å². The standard InChI is InChI=1S/C7H7N5O/c8-7(9)5-1-3-12(10-5)6-2-4-13-11-6/h1-4H,(H3,8,9). The topological polar surface area (TPSA) is 93.7 Å². The molecule has 0 aliphatic rings. The summed E-state index contributed by atoms with van der Waals surface area (Å²) in [5.41, 5.74) is 5.66. The Morgan fingerprint density at radius 1 is 1.54 bits per heavy atom. The molecule has 0 aromatic carbocycles. The quantitative estimate of drug-likeness (QED) is 0.504. The molecule has 3 N–H and O–H groups in total. The number of nitrogens with zero attached hydrogens (tertiary/aromatic N) is 3. The number of nitrogens with two attached hydrogens (primary N) is 1. The minimum atomic E-state index is -0.0674. The molecule has 6 nitrogen and oxygen atoms in total. The molecule has 0 radical (unpaired) electrons. The van der Waals surface area contributed by atoms with Gasteiger partial charge in [0.25, 0.3) is 0 Å². The van der Waals surface area contributed by atoms with Gasteiger partial charge in [0.15, 0.2) is 5.82 Å². The summed E-state index contributed by atoms with van der Waals surface area (Å²) in [6, 6.07) is 3.30. The number of rotatable bonds is 2. The third-order valence-corrected chi connectivity index (χ3v) is 1.52. The Morgan fingerprint density at radius 3 is 2.92 bits per heavy atom. The van der Waals surface area contributed by atoms with Crippen LogP contribution in [0, 0.1) is 5.41 Å². The Hall–Kier alpha value is -2.11. The second-order valence-electron chi connectivity index (χ2n) is 2.42. The summed E-state index contributed by atoms with van der Waals surface area (Å²) < 4.78 is 6.13. The molecule has 2 rings (SSSR count). The van der Waals surface area contributed by atoms with Crippen molar-refractivity contribution < 1.29 is 4.52 Å². The van der Waals surface area contributed by atoms with E-state index >= 15 is 0 Å². The van der Waals surface area contributed by atoms with Crippen LogP contribution in [0.15, 0.2) is 29.1 Å². The van der Waals surface area contributed by atoms with Crippen molar-refractivity contribution in [2.45, 2.75) is 0 Å². The van der Waals surface area contributed by atoms with Gasteiger partial charge in [-0.2, -0.15) is 5.10 Å². The predicted molar refractivity (Wildman–Crippen MR) is 44.6 cm³/mol. The minimum absolute atomic E-state index is 0.0674. The highest BCUT2D eigenvalue weighted by atomic mass is 16.5. The van der Waals surface area contributed by atoms with Crippen molar-refractivity contribution in [1.82, 2.24) is 14.9 Å². The lowest BCUT2D eigenvalue weighted by molar-refractivity contribution is 0.415. The molecular formula is C7H7N5O. The van der Waals surface area contributed by atoms with Crippen molar-refractivity contribution in [2.24, 2.45) is 5.73 Å². The average molecular weight is 177 g/mol. The summed E-state index contributed by atoms with van der Waals surface area (Å²) in [4.78, 5) is 0. The first-order chi connectivity index (χ1) is 6.27. The highest BCUT2D eigenvalue weighted by Gasteiger charge is 2.04. The monoisotopic (exact) mass is 177 g/mol. The molecule has 0 spiro atoms. The molecule has 2 aromatic heterocycles. The molecule has 0 atom stereocenters. The maximum atomic E-state index is 7.13. The molecule has 0 aliphatic carbocycles. The third-order valence-electron chi connectivity index (χ3n) is 1.52. The SMILES string of the molecule is N=C(N)c1ccn(-c2ccon2)n1. The first-order valence-corrected chi connectivity index (χ1v) is 3.58. The van der Waals surface area contributed by atoms with Crippen LogP contribution in [0.1, 0.15) is 5.69 Å². The van der Waals surface area contributed by atoms with Gasteiger partial charge in [0.05, 0.1) is 0 Å². The molecule has 6 heteroatoms. The smallest absolute Gasteiger partial charge is 0.196 e. The highest BCUT2D eigenvalue weighted by Crippen LogP contribution is 2.03. The molecule has 13 heavy (non-hydrogen) atoms. The van der Waals surface area contributed by atoms with Gasteiger partial charge in [0.2, 0.25) is 0 Å². The Balaban J connectivity index is 2.39. The number of aromatic nitrogens is 3. The number of hydrogen-bond donors (Lipinski definition) is 2. The van der Waals surface area contributed by atoms with Crippen molar-refractivity contribution in [1.29, 1.82) is 5.41 Å². The lowest BCUT2D eigenvalue weighted by Crippen LogP contribution is -2.12. The molecule has 66 valence electrons. The normalized spacial score (nSPS) is 10.2. The Kier molecular flexibility index (Phi) is 1.59. The van der Waals surface area contributed by atoms with Crippen LogP contribution in [-0.2, 0) is 0 Å². The van der Waals surface area contributed by atoms with Gasteiger partial charge in [-0.25, -0.2) is 4.68 Å². The number of amidine groups is 1. The molecule has 2 aromatic rings. The Morgan fingerprint density at radius 2 is 2.38 bits per heavy atom. The van der Waals surface area contributed by atoms with Gasteiger partial charge in [0.1, 0.15) is 17.8 Å². The fourth-order valence-corrected chi connectivity index (χ4v) is 0.920. The van der Waals surface area contributed by atoms with Gasteiger partial charge < -0.3 is 10.3 Å². The zero-order chi connectivity index (χ0) is 9.26. The van der Waals surface area contributed by atoms with Crippen LogP contribution in [0.4, 0.5) is 0 Å². The molecule has 0 saturated heterocycles. The fourth-order valence-electron chi connectivity index (χ4n) is 0.920. The summed E-state index contributed by atoms with van der Waals surface area (Å²) in [6.45, 7) is 0. The molecule has 0 unspecified atom stereocenters. The second-order valence-corrected chi connectivity index (χ2v) is 2.42. The lowest BCUT2D eigenvalue weighted by Gasteiger charge is -1.91. The average Bonchev–Trinajstić information content (AvgIpc) is 2.75. The summed E-state index contributed by atoms with van der Waals surface area (Å²) in [5.74, 6) is 0.495. The van der Waals surface area contributed by atoms with Crippen molar-refractivity contribution in [2.75, 3.05) is 0 Å². The summed E-state index contributed by atoms with van der Waals surface area (Å²) in [7, 11) is 0. The molecule has 2 heterocycles. The van der Waals surface area contributed by atoms with Crippen LogP contribution >= 0.6 is 0 Å². The van der Waals surface area contributed by atoms with Crippen molar-refractivity contribution >= 4 is 5.84 Å². The van der Waals surface area contributed by atoms with E-state index in [0.29, 0.717) is 11.5 Å². The molecule has 0 aliphatic heterocycles. The largest absolute Gasteiger partial charge is 0.382 e. The van der Waals surface area contributed by atoms with Gasteiger partial charge in [-0.1, -0.05) is 5.16 Å². The van der Waals surface area contributed by atoms with E-state index in [9.17, 15) is 0 Å². The van der Waals surface area contributed by atoms with E-state index in [1.54, 1.807) is 18.3 Å². The van der Waals surface area contributed by atoms with Crippen molar-refractivity contribution in [3.63, 3.8) is 0 Å². The van der Waals surface area contributed by atoms with E-state index in [4.69, 9.17) is 11.1 Å². The Labute approximate surface area is 73.5 Å². The van der Waals surface area contributed by atoms with Crippen LogP contribution in [0.3, 0.4) is 0 Å². The van der Waals surface area contributed by atoms with Gasteiger partial charge in [-0.3, -0.25) is 5.41 Å². The highest BCUT2D eigenvalue weighted by molar-refractivity contribution is 5.92. The van der Waals surface area contributed by atoms with E-state index in [1.807, 2.05) is 0 Å². The van der Waals surface area contributed by atoms with E-state index < -0.39 is 0 Å². The number of nitrogen functional groups attached to an aromatic ring is 1. The Bertz CT molecular complexity index is 416.